The summed E-state index contributed by atoms with van der Waals surface area (Å²) in [4.78, 5) is 13.6. The Morgan fingerprint density at radius 3 is 2.52 bits per heavy atom. The molecule has 8 nitrogen and oxygen atoms in total. The molecular weight excluding hydrogens is 340 g/mol. The second-order valence-electron chi connectivity index (χ2n) is 6.13. The van der Waals surface area contributed by atoms with Crippen LogP contribution >= 0.6 is 12.2 Å². The number of nitrogens with one attached hydrogen (secondary N) is 2. The van der Waals surface area contributed by atoms with Gasteiger partial charge in [-0.3, -0.25) is 4.90 Å². The van der Waals surface area contributed by atoms with Crippen LogP contribution in [0.4, 0.5) is 11.8 Å². The van der Waals surface area contributed by atoms with Gasteiger partial charge in [0.05, 0.1) is 26.4 Å². The Labute approximate surface area is 153 Å². The zero-order chi connectivity index (χ0) is 17.5. The van der Waals surface area contributed by atoms with Crippen LogP contribution in [0.15, 0.2) is 6.07 Å². The summed E-state index contributed by atoms with van der Waals surface area (Å²) in [6.07, 6.45) is 0. The monoisotopic (exact) mass is 366 g/mol. The van der Waals surface area contributed by atoms with Crippen LogP contribution < -0.4 is 15.5 Å². The summed E-state index contributed by atoms with van der Waals surface area (Å²) in [5.41, 5.74) is 0.912. The summed E-state index contributed by atoms with van der Waals surface area (Å²) >= 11 is 5.37. The number of ether oxygens (including phenoxy) is 2. The first-order chi connectivity index (χ1) is 12.2. The van der Waals surface area contributed by atoms with Gasteiger partial charge in [-0.05, 0) is 19.1 Å². The number of morpholine rings is 2. The minimum Gasteiger partial charge on any atom is -0.379 e. The minimum atomic E-state index is 0.533. The summed E-state index contributed by atoms with van der Waals surface area (Å²) in [5.74, 6) is 1.44. The smallest absolute Gasteiger partial charge is 0.231 e. The van der Waals surface area contributed by atoms with E-state index in [4.69, 9.17) is 21.7 Å². The van der Waals surface area contributed by atoms with Gasteiger partial charge in [0.15, 0.2) is 5.11 Å². The maximum atomic E-state index is 5.40. The molecule has 1 aromatic heterocycles. The van der Waals surface area contributed by atoms with E-state index >= 15 is 0 Å². The van der Waals surface area contributed by atoms with E-state index in [1.807, 2.05) is 13.0 Å². The van der Waals surface area contributed by atoms with Crippen molar-refractivity contribution in [3.63, 3.8) is 0 Å². The van der Waals surface area contributed by atoms with Crippen LogP contribution in [0.1, 0.15) is 5.69 Å². The van der Waals surface area contributed by atoms with Gasteiger partial charge in [0.2, 0.25) is 5.95 Å². The van der Waals surface area contributed by atoms with E-state index in [1.54, 1.807) is 0 Å². The zero-order valence-electron chi connectivity index (χ0n) is 14.7. The van der Waals surface area contributed by atoms with E-state index in [-0.39, 0.29) is 0 Å². The molecule has 0 aliphatic carbocycles. The molecule has 2 N–H and O–H groups in total. The highest BCUT2D eigenvalue weighted by molar-refractivity contribution is 7.80. The standard InChI is InChI=1S/C16H26N6O2S/c1-13-12-14(22-6-10-24-11-7-22)19-15(18-13)20-16(25)17-2-3-21-4-8-23-9-5-21/h12H,2-11H2,1H3,(H2,17,18,19,20,25). The second-order valence-corrected chi connectivity index (χ2v) is 6.53. The number of thiocarbonyl (C=S) groups is 1. The minimum absolute atomic E-state index is 0.533. The molecule has 2 aliphatic rings. The molecule has 0 amide bonds. The Balaban J connectivity index is 1.49. The van der Waals surface area contributed by atoms with E-state index in [9.17, 15) is 0 Å². The molecule has 2 fully saturated rings. The van der Waals surface area contributed by atoms with Gasteiger partial charge in [0.25, 0.3) is 0 Å². The highest BCUT2D eigenvalue weighted by Crippen LogP contribution is 2.16. The predicted octanol–water partition coefficient (Wildman–Crippen LogP) is 0.240. The number of hydrogen-bond donors (Lipinski definition) is 2. The van der Waals surface area contributed by atoms with E-state index in [1.165, 1.54) is 0 Å². The Hall–Kier alpha value is -1.55. The Kier molecular flexibility index (Phi) is 6.74. The molecule has 2 saturated heterocycles. The van der Waals surface area contributed by atoms with Gasteiger partial charge in [-0.2, -0.15) is 4.98 Å². The lowest BCUT2D eigenvalue weighted by atomic mass is 10.3. The number of aryl methyl sites for hydroxylation is 1. The van der Waals surface area contributed by atoms with E-state index in [2.05, 4.69) is 30.4 Å². The molecule has 2 aliphatic heterocycles. The lowest BCUT2D eigenvalue weighted by Crippen LogP contribution is -2.42. The first kappa shape index (κ1) is 18.2. The van der Waals surface area contributed by atoms with Crippen molar-refractivity contribution in [3.8, 4) is 0 Å². The van der Waals surface area contributed by atoms with Gasteiger partial charge in [0.1, 0.15) is 5.82 Å². The van der Waals surface area contributed by atoms with E-state index in [0.717, 1.165) is 77.2 Å². The third-order valence-electron chi connectivity index (χ3n) is 4.22. The molecule has 0 bridgehead atoms. The molecule has 0 spiro atoms. The summed E-state index contributed by atoms with van der Waals surface area (Å²) in [6, 6.07) is 1.99. The first-order valence-electron chi connectivity index (χ1n) is 8.74. The zero-order valence-corrected chi connectivity index (χ0v) is 15.5. The Morgan fingerprint density at radius 1 is 1.12 bits per heavy atom. The lowest BCUT2D eigenvalue weighted by Gasteiger charge is -2.28. The van der Waals surface area contributed by atoms with Crippen LogP contribution in [0.2, 0.25) is 0 Å². The van der Waals surface area contributed by atoms with E-state index < -0.39 is 0 Å². The molecule has 0 radical (unpaired) electrons. The van der Waals surface area contributed by atoms with Crippen molar-refractivity contribution >= 4 is 29.1 Å². The lowest BCUT2D eigenvalue weighted by molar-refractivity contribution is 0.0389. The van der Waals surface area contributed by atoms with Crippen LogP contribution in [-0.4, -0.2) is 85.7 Å². The first-order valence-corrected chi connectivity index (χ1v) is 9.15. The van der Waals surface area contributed by atoms with Gasteiger partial charge in [0, 0.05) is 51.0 Å². The molecule has 0 atom stereocenters. The van der Waals surface area contributed by atoms with Crippen molar-refractivity contribution in [2.75, 3.05) is 75.9 Å². The highest BCUT2D eigenvalue weighted by Gasteiger charge is 2.15. The summed E-state index contributed by atoms with van der Waals surface area (Å²) in [7, 11) is 0. The van der Waals surface area contributed by atoms with Gasteiger partial charge >= 0.3 is 0 Å². The normalized spacial score (nSPS) is 18.8. The van der Waals surface area contributed by atoms with Crippen LogP contribution in [0, 0.1) is 6.92 Å². The molecule has 0 unspecified atom stereocenters. The van der Waals surface area contributed by atoms with E-state index in [0.29, 0.717) is 11.1 Å². The maximum absolute atomic E-state index is 5.40. The quantitative estimate of drug-likeness (QED) is 0.713. The largest absolute Gasteiger partial charge is 0.379 e. The predicted molar refractivity (Wildman–Crippen MR) is 101 cm³/mol. The summed E-state index contributed by atoms with van der Waals surface area (Å²) in [5, 5.41) is 6.87. The summed E-state index contributed by atoms with van der Waals surface area (Å²) < 4.78 is 10.7. The number of aromatic nitrogens is 2. The molecule has 1 aromatic rings. The SMILES string of the molecule is Cc1cc(N2CCOCC2)nc(NC(=S)NCCN2CCOCC2)n1. The third-order valence-corrected chi connectivity index (χ3v) is 4.46. The fourth-order valence-electron chi connectivity index (χ4n) is 2.86. The average molecular weight is 366 g/mol. The number of hydrogen-bond acceptors (Lipinski definition) is 7. The molecule has 138 valence electrons. The van der Waals surface area contributed by atoms with Crippen molar-refractivity contribution in [2.45, 2.75) is 6.92 Å². The average Bonchev–Trinajstić information content (AvgIpc) is 2.63. The maximum Gasteiger partial charge on any atom is 0.231 e. The van der Waals surface area contributed by atoms with Crippen LogP contribution in [0.25, 0.3) is 0 Å². The number of rotatable bonds is 5. The van der Waals surface area contributed by atoms with Crippen molar-refractivity contribution in [2.24, 2.45) is 0 Å². The molecule has 9 heteroatoms. The molecule has 25 heavy (non-hydrogen) atoms. The fourth-order valence-corrected chi connectivity index (χ4v) is 3.05. The second kappa shape index (κ2) is 9.23. The van der Waals surface area contributed by atoms with Crippen molar-refractivity contribution in [1.29, 1.82) is 0 Å². The van der Waals surface area contributed by atoms with Gasteiger partial charge in [-0.15, -0.1) is 0 Å². The van der Waals surface area contributed by atoms with Crippen LogP contribution in [0.5, 0.6) is 0 Å². The molecule has 0 saturated carbocycles. The van der Waals surface area contributed by atoms with Crippen LogP contribution in [-0.2, 0) is 9.47 Å². The molecule has 0 aromatic carbocycles. The van der Waals surface area contributed by atoms with Crippen molar-refractivity contribution in [1.82, 2.24) is 20.2 Å². The third kappa shape index (κ3) is 5.74. The number of anilines is 2. The van der Waals surface area contributed by atoms with Crippen LogP contribution in [0.3, 0.4) is 0 Å². The highest BCUT2D eigenvalue weighted by atomic mass is 32.1. The molecule has 3 heterocycles. The molecular formula is C16H26N6O2S. The van der Waals surface area contributed by atoms with Crippen molar-refractivity contribution in [3.05, 3.63) is 11.8 Å². The number of nitrogens with zero attached hydrogens (tertiary/aromatic N) is 4. The van der Waals surface area contributed by atoms with Gasteiger partial charge in [-0.25, -0.2) is 4.98 Å². The Morgan fingerprint density at radius 2 is 1.80 bits per heavy atom. The van der Waals surface area contributed by atoms with Crippen molar-refractivity contribution < 1.29 is 9.47 Å². The summed E-state index contributed by atoms with van der Waals surface area (Å²) in [6.45, 7) is 10.4. The molecule has 3 rings (SSSR count). The van der Waals surface area contributed by atoms with Gasteiger partial charge in [-0.1, -0.05) is 0 Å². The Bertz CT molecular complexity index is 576. The van der Waals surface area contributed by atoms with Gasteiger partial charge < -0.3 is 25.0 Å². The topological polar surface area (TPSA) is 74.8 Å². The fraction of sp³-hybridized carbons (Fsp3) is 0.688.